The number of hydrogen-bond donors (Lipinski definition) is 1. The van der Waals surface area contributed by atoms with Crippen molar-refractivity contribution in [3.8, 4) is 0 Å². The Labute approximate surface area is 179 Å². The Morgan fingerprint density at radius 1 is 1.13 bits per heavy atom. The predicted molar refractivity (Wildman–Crippen MR) is 115 cm³/mol. The molecule has 2 saturated heterocycles. The van der Waals surface area contributed by atoms with Crippen LogP contribution in [0, 0.1) is 11.7 Å². The number of benzene rings is 1. The zero-order valence-electron chi connectivity index (χ0n) is 17.9. The van der Waals surface area contributed by atoms with E-state index in [9.17, 15) is 17.6 Å². The molecule has 168 valence electrons. The van der Waals surface area contributed by atoms with Crippen LogP contribution in [-0.2, 0) is 10.0 Å². The number of nitrogens with zero attached hydrogens (tertiary/aromatic N) is 2. The van der Waals surface area contributed by atoms with Crippen molar-refractivity contribution < 1.29 is 17.6 Å². The van der Waals surface area contributed by atoms with E-state index in [1.807, 2.05) is 0 Å². The van der Waals surface area contributed by atoms with E-state index in [-0.39, 0.29) is 11.5 Å². The number of rotatable bonds is 8. The molecule has 1 aromatic carbocycles. The van der Waals surface area contributed by atoms with Crippen molar-refractivity contribution in [2.24, 2.45) is 5.92 Å². The fraction of sp³-hybridized carbons (Fsp3) is 0.682. The van der Waals surface area contributed by atoms with Gasteiger partial charge < -0.3 is 10.2 Å². The van der Waals surface area contributed by atoms with E-state index in [1.165, 1.54) is 29.3 Å². The molecular formula is C22H34FN3O3S. The normalized spacial score (nSPS) is 21.5. The first-order valence-electron chi connectivity index (χ1n) is 11.2. The van der Waals surface area contributed by atoms with Crippen LogP contribution in [0.25, 0.3) is 0 Å². The van der Waals surface area contributed by atoms with E-state index >= 15 is 0 Å². The van der Waals surface area contributed by atoms with E-state index in [1.54, 1.807) is 0 Å². The van der Waals surface area contributed by atoms with Crippen molar-refractivity contribution in [3.05, 3.63) is 29.6 Å². The van der Waals surface area contributed by atoms with Gasteiger partial charge in [0, 0.05) is 31.7 Å². The lowest BCUT2D eigenvalue weighted by molar-refractivity contribution is 0.0952. The highest BCUT2D eigenvalue weighted by molar-refractivity contribution is 7.89. The first-order valence-corrected chi connectivity index (χ1v) is 12.6. The van der Waals surface area contributed by atoms with Crippen LogP contribution in [0.3, 0.4) is 0 Å². The van der Waals surface area contributed by atoms with E-state index in [0.29, 0.717) is 19.6 Å². The third-order valence-corrected chi connectivity index (χ3v) is 7.97. The molecule has 0 saturated carbocycles. The maximum Gasteiger partial charge on any atom is 0.251 e. The Bertz CT molecular complexity index is 825. The van der Waals surface area contributed by atoms with Crippen LogP contribution < -0.4 is 5.32 Å². The molecule has 2 fully saturated rings. The molecule has 0 spiro atoms. The molecule has 0 bridgehead atoms. The third kappa shape index (κ3) is 6.02. The minimum atomic E-state index is -3.92. The van der Waals surface area contributed by atoms with Gasteiger partial charge in [-0.25, -0.2) is 12.8 Å². The third-order valence-electron chi connectivity index (χ3n) is 6.05. The zero-order valence-corrected chi connectivity index (χ0v) is 18.7. The van der Waals surface area contributed by atoms with Crippen molar-refractivity contribution in [2.75, 3.05) is 39.3 Å². The second-order valence-electron chi connectivity index (χ2n) is 8.62. The maximum absolute atomic E-state index is 14.3. The van der Waals surface area contributed by atoms with Gasteiger partial charge >= 0.3 is 0 Å². The Morgan fingerprint density at radius 3 is 2.63 bits per heavy atom. The summed E-state index contributed by atoms with van der Waals surface area (Å²) in [7, 11) is -3.92. The molecule has 0 aliphatic carbocycles. The fourth-order valence-electron chi connectivity index (χ4n) is 4.34. The average Bonchev–Trinajstić information content (AvgIpc) is 2.74. The first-order chi connectivity index (χ1) is 14.4. The minimum Gasteiger partial charge on any atom is -0.352 e. The number of carbonyl (C=O) groups excluding carboxylic acids is 1. The van der Waals surface area contributed by atoms with Crippen molar-refractivity contribution in [3.63, 3.8) is 0 Å². The molecule has 6 nitrogen and oxygen atoms in total. The van der Waals surface area contributed by atoms with Gasteiger partial charge in [-0.3, -0.25) is 4.79 Å². The number of hydrogen-bond acceptors (Lipinski definition) is 4. The highest BCUT2D eigenvalue weighted by Crippen LogP contribution is 2.24. The van der Waals surface area contributed by atoms with Crippen molar-refractivity contribution >= 4 is 15.9 Å². The molecule has 1 amide bonds. The molecule has 0 aromatic heterocycles. The summed E-state index contributed by atoms with van der Waals surface area (Å²) in [5.74, 6) is -0.420. The molecule has 3 rings (SSSR count). The predicted octanol–water partition coefficient (Wildman–Crippen LogP) is 3.24. The van der Waals surface area contributed by atoms with Gasteiger partial charge in [-0.2, -0.15) is 4.31 Å². The standard InChI is InChI=1S/C22H34FN3O3S/c1-18-8-7-13-25(17-18)12-6-3-11-24-22(27)19-9-10-20(23)21(16-19)30(28,29)26-14-4-2-5-15-26/h9-10,16,18H,2-8,11-15,17H2,1H3,(H,24,27). The summed E-state index contributed by atoms with van der Waals surface area (Å²) in [6, 6.07) is 3.59. The molecule has 1 unspecified atom stereocenters. The first kappa shape index (κ1) is 23.2. The van der Waals surface area contributed by atoms with E-state index < -0.39 is 20.7 Å². The number of carbonyl (C=O) groups is 1. The summed E-state index contributed by atoms with van der Waals surface area (Å²) >= 11 is 0. The average molecular weight is 440 g/mol. The number of unbranched alkanes of at least 4 members (excludes halogenated alkanes) is 1. The highest BCUT2D eigenvalue weighted by atomic mass is 32.2. The molecule has 2 heterocycles. The number of halogens is 1. The molecular weight excluding hydrogens is 405 g/mol. The summed E-state index contributed by atoms with van der Waals surface area (Å²) in [6.07, 6.45) is 6.95. The molecule has 0 radical (unpaired) electrons. The van der Waals surface area contributed by atoms with Crippen molar-refractivity contribution in [2.45, 2.75) is 56.8 Å². The molecule has 1 aromatic rings. The van der Waals surface area contributed by atoms with Crippen LogP contribution in [-0.4, -0.2) is 62.8 Å². The molecule has 1 atom stereocenters. The Kier molecular flexibility index (Phi) is 8.25. The number of nitrogens with one attached hydrogen (secondary N) is 1. The second-order valence-corrected chi connectivity index (χ2v) is 10.5. The number of sulfonamides is 1. The van der Waals surface area contributed by atoms with Gasteiger partial charge in [-0.1, -0.05) is 13.3 Å². The topological polar surface area (TPSA) is 69.7 Å². The lowest BCUT2D eigenvalue weighted by atomic mass is 10.0. The maximum atomic E-state index is 14.3. The Hall–Kier alpha value is -1.51. The van der Waals surface area contributed by atoms with Gasteiger partial charge in [0.2, 0.25) is 10.0 Å². The zero-order chi connectivity index (χ0) is 21.6. The smallest absolute Gasteiger partial charge is 0.251 e. The van der Waals surface area contributed by atoms with E-state index in [2.05, 4.69) is 17.1 Å². The highest BCUT2D eigenvalue weighted by Gasteiger charge is 2.29. The van der Waals surface area contributed by atoms with Crippen molar-refractivity contribution in [1.29, 1.82) is 0 Å². The summed E-state index contributed by atoms with van der Waals surface area (Å²) in [5, 5.41) is 2.83. The van der Waals surface area contributed by atoms with E-state index in [4.69, 9.17) is 0 Å². The van der Waals surface area contributed by atoms with Crippen LogP contribution in [0.1, 0.15) is 62.2 Å². The van der Waals surface area contributed by atoms with Gasteiger partial charge in [0.15, 0.2) is 0 Å². The summed E-state index contributed by atoms with van der Waals surface area (Å²) in [6.45, 7) is 6.94. The minimum absolute atomic E-state index is 0.178. The summed E-state index contributed by atoms with van der Waals surface area (Å²) in [4.78, 5) is 14.5. The van der Waals surface area contributed by atoms with Crippen molar-refractivity contribution in [1.82, 2.24) is 14.5 Å². The van der Waals surface area contributed by atoms with Gasteiger partial charge in [-0.05, 0) is 75.7 Å². The molecule has 30 heavy (non-hydrogen) atoms. The van der Waals surface area contributed by atoms with Gasteiger partial charge in [0.25, 0.3) is 5.91 Å². The molecule has 2 aliphatic heterocycles. The van der Waals surface area contributed by atoms with Crippen LogP contribution in [0.15, 0.2) is 23.1 Å². The fourth-order valence-corrected chi connectivity index (χ4v) is 5.95. The molecule has 8 heteroatoms. The lowest BCUT2D eigenvalue weighted by Crippen LogP contribution is -2.36. The van der Waals surface area contributed by atoms with Crippen LogP contribution >= 0.6 is 0 Å². The molecule has 2 aliphatic rings. The van der Waals surface area contributed by atoms with Gasteiger partial charge in [0.05, 0.1) is 0 Å². The van der Waals surface area contributed by atoms with Crippen LogP contribution in [0.2, 0.25) is 0 Å². The quantitative estimate of drug-likeness (QED) is 0.632. The van der Waals surface area contributed by atoms with Crippen LogP contribution in [0.4, 0.5) is 4.39 Å². The van der Waals surface area contributed by atoms with Gasteiger partial charge in [-0.15, -0.1) is 0 Å². The monoisotopic (exact) mass is 439 g/mol. The molecule has 1 N–H and O–H groups in total. The summed E-state index contributed by atoms with van der Waals surface area (Å²) < 4.78 is 41.2. The number of piperidine rings is 2. The lowest BCUT2D eigenvalue weighted by Gasteiger charge is -2.30. The second kappa shape index (κ2) is 10.7. The van der Waals surface area contributed by atoms with E-state index in [0.717, 1.165) is 63.7 Å². The Balaban J connectivity index is 1.51. The largest absolute Gasteiger partial charge is 0.352 e. The summed E-state index contributed by atoms with van der Waals surface area (Å²) in [5.41, 5.74) is 0.178. The van der Waals surface area contributed by atoms with Gasteiger partial charge in [0.1, 0.15) is 10.7 Å². The number of amides is 1. The SMILES string of the molecule is CC1CCCN(CCCCNC(=O)c2ccc(F)c(S(=O)(=O)N3CCCCC3)c2)C1. The Morgan fingerprint density at radius 2 is 1.90 bits per heavy atom. The van der Waals surface area contributed by atoms with Crippen LogP contribution in [0.5, 0.6) is 0 Å². The number of likely N-dealkylation sites (tertiary alicyclic amines) is 1.